The molecule has 1 atom stereocenters. The smallest absolute Gasteiger partial charge is 0.263 e. The predicted octanol–water partition coefficient (Wildman–Crippen LogP) is 2.88. The van der Waals surface area contributed by atoms with Gasteiger partial charge in [0.1, 0.15) is 11.6 Å². The second-order valence-corrected chi connectivity index (χ2v) is 6.88. The maximum Gasteiger partial charge on any atom is 0.263 e. The Kier molecular flexibility index (Phi) is 4.38. The number of carbonyl (C=O) groups is 1. The van der Waals surface area contributed by atoms with Crippen LogP contribution in [-0.4, -0.2) is 40.0 Å². The molecule has 2 aliphatic heterocycles. The predicted molar refractivity (Wildman–Crippen MR) is 94.5 cm³/mol. The molecule has 4 rings (SSSR count). The van der Waals surface area contributed by atoms with E-state index in [0.717, 1.165) is 56.0 Å². The first kappa shape index (κ1) is 16.1. The molecule has 5 heteroatoms. The number of para-hydroxylation sites is 1. The fourth-order valence-corrected chi connectivity index (χ4v) is 3.80. The Morgan fingerprint density at radius 1 is 1.16 bits per heavy atom. The van der Waals surface area contributed by atoms with Crippen molar-refractivity contribution in [2.24, 2.45) is 0 Å². The Hall–Kier alpha value is -2.43. The van der Waals surface area contributed by atoms with Crippen LogP contribution in [0.15, 0.2) is 36.5 Å². The minimum Gasteiger partial charge on any atom is -0.480 e. The van der Waals surface area contributed by atoms with E-state index in [1.807, 2.05) is 42.3 Å². The molecule has 0 aliphatic carbocycles. The monoisotopic (exact) mass is 337 g/mol. The number of rotatable bonds is 2. The van der Waals surface area contributed by atoms with Crippen LogP contribution < -0.4 is 4.74 Å². The molecule has 1 aromatic heterocycles. The molecule has 0 radical (unpaired) electrons. The topological polar surface area (TPSA) is 55.3 Å². The molecule has 2 aromatic rings. The number of piperidine rings is 1. The molecule has 3 heterocycles. The number of benzene rings is 1. The number of hydrogen-bond acceptors (Lipinski definition) is 4. The van der Waals surface area contributed by atoms with Crippen LogP contribution in [0.4, 0.5) is 0 Å². The van der Waals surface area contributed by atoms with E-state index in [2.05, 4.69) is 16.0 Å². The number of aromatic nitrogens is 2. The number of fused-ring (bicyclic) bond motifs is 1. The van der Waals surface area contributed by atoms with Crippen LogP contribution in [0.1, 0.15) is 42.3 Å². The molecule has 5 nitrogen and oxygen atoms in total. The quantitative estimate of drug-likeness (QED) is 0.845. The van der Waals surface area contributed by atoms with Crippen molar-refractivity contribution >= 4 is 5.91 Å². The second-order valence-electron chi connectivity index (χ2n) is 6.88. The van der Waals surface area contributed by atoms with E-state index in [-0.39, 0.29) is 12.0 Å². The molecule has 0 saturated carbocycles. The molecular weight excluding hydrogens is 314 g/mol. The van der Waals surface area contributed by atoms with Gasteiger partial charge in [-0.3, -0.25) is 4.79 Å². The van der Waals surface area contributed by atoms with Crippen LogP contribution >= 0.6 is 0 Å². The molecule has 0 bridgehead atoms. The largest absolute Gasteiger partial charge is 0.480 e. The standard InChI is InChI=1S/C20H23N3O2/c1-14-21-11-8-17(22-14)15-9-12-23(13-10-15)20(24)19-7-6-16-4-2-3-5-18(16)25-19/h2-5,8,11,15,19H,6-7,9-10,12-13H2,1H3. The maximum atomic E-state index is 12.8. The summed E-state index contributed by atoms with van der Waals surface area (Å²) < 4.78 is 5.96. The fourth-order valence-electron chi connectivity index (χ4n) is 3.80. The minimum absolute atomic E-state index is 0.131. The normalized spacial score (nSPS) is 20.7. The van der Waals surface area contributed by atoms with E-state index < -0.39 is 0 Å². The van der Waals surface area contributed by atoms with Gasteiger partial charge in [0.15, 0.2) is 6.10 Å². The Balaban J connectivity index is 1.37. The SMILES string of the molecule is Cc1nccc(C2CCN(C(=O)C3CCc4ccccc4O3)CC2)n1. The van der Waals surface area contributed by atoms with E-state index in [0.29, 0.717) is 5.92 Å². The summed E-state index contributed by atoms with van der Waals surface area (Å²) in [6, 6.07) is 10.0. The van der Waals surface area contributed by atoms with E-state index >= 15 is 0 Å². The highest BCUT2D eigenvalue weighted by molar-refractivity contribution is 5.81. The zero-order chi connectivity index (χ0) is 17.2. The van der Waals surface area contributed by atoms with Crippen LogP contribution in [-0.2, 0) is 11.2 Å². The molecule has 130 valence electrons. The highest BCUT2D eigenvalue weighted by Crippen LogP contribution is 2.30. The molecule has 1 aromatic carbocycles. The van der Waals surface area contributed by atoms with Gasteiger partial charge in [0.25, 0.3) is 5.91 Å². The number of likely N-dealkylation sites (tertiary alicyclic amines) is 1. The Labute approximate surface area is 148 Å². The third kappa shape index (κ3) is 3.36. The van der Waals surface area contributed by atoms with Crippen molar-refractivity contribution < 1.29 is 9.53 Å². The van der Waals surface area contributed by atoms with Crippen molar-refractivity contribution in [1.29, 1.82) is 0 Å². The van der Waals surface area contributed by atoms with Gasteiger partial charge in [0, 0.05) is 30.9 Å². The van der Waals surface area contributed by atoms with Crippen LogP contribution in [0.3, 0.4) is 0 Å². The summed E-state index contributed by atoms with van der Waals surface area (Å²) in [5, 5.41) is 0. The lowest BCUT2D eigenvalue weighted by Gasteiger charge is -2.35. The summed E-state index contributed by atoms with van der Waals surface area (Å²) in [5.74, 6) is 2.22. The van der Waals surface area contributed by atoms with E-state index in [1.165, 1.54) is 5.56 Å². The number of aryl methyl sites for hydroxylation is 2. The van der Waals surface area contributed by atoms with Crippen LogP contribution in [0, 0.1) is 6.92 Å². The van der Waals surface area contributed by atoms with Gasteiger partial charge in [-0.15, -0.1) is 0 Å². The van der Waals surface area contributed by atoms with Crippen molar-refractivity contribution in [3.8, 4) is 5.75 Å². The van der Waals surface area contributed by atoms with Crippen molar-refractivity contribution in [1.82, 2.24) is 14.9 Å². The van der Waals surface area contributed by atoms with E-state index in [9.17, 15) is 4.79 Å². The van der Waals surface area contributed by atoms with Gasteiger partial charge in [-0.25, -0.2) is 9.97 Å². The zero-order valence-electron chi connectivity index (χ0n) is 14.5. The van der Waals surface area contributed by atoms with E-state index in [4.69, 9.17) is 4.74 Å². The number of nitrogens with zero attached hydrogens (tertiary/aromatic N) is 3. The molecule has 2 aliphatic rings. The van der Waals surface area contributed by atoms with E-state index in [1.54, 1.807) is 0 Å². The fraction of sp³-hybridized carbons (Fsp3) is 0.450. The third-order valence-corrected chi connectivity index (χ3v) is 5.22. The first-order valence-electron chi connectivity index (χ1n) is 9.03. The molecule has 1 fully saturated rings. The minimum atomic E-state index is -0.340. The van der Waals surface area contributed by atoms with Gasteiger partial charge in [-0.1, -0.05) is 18.2 Å². The average Bonchev–Trinajstić information content (AvgIpc) is 2.67. The number of hydrogen-bond donors (Lipinski definition) is 0. The summed E-state index contributed by atoms with van der Waals surface area (Å²) in [7, 11) is 0. The summed E-state index contributed by atoms with van der Waals surface area (Å²) in [4.78, 5) is 23.5. The summed E-state index contributed by atoms with van der Waals surface area (Å²) in [6.45, 7) is 3.46. The van der Waals surface area contributed by atoms with Gasteiger partial charge in [-0.05, 0) is 50.3 Å². The average molecular weight is 337 g/mol. The first-order chi connectivity index (χ1) is 12.2. The molecule has 0 spiro atoms. The molecule has 0 N–H and O–H groups in total. The van der Waals surface area contributed by atoms with Crippen LogP contribution in [0.25, 0.3) is 0 Å². The Morgan fingerprint density at radius 3 is 2.76 bits per heavy atom. The summed E-state index contributed by atoms with van der Waals surface area (Å²) >= 11 is 0. The van der Waals surface area contributed by atoms with Gasteiger partial charge < -0.3 is 9.64 Å². The zero-order valence-corrected chi connectivity index (χ0v) is 14.5. The molecule has 1 unspecified atom stereocenters. The second kappa shape index (κ2) is 6.82. The lowest BCUT2D eigenvalue weighted by Crippen LogP contribution is -2.46. The Morgan fingerprint density at radius 2 is 1.96 bits per heavy atom. The number of amides is 1. The van der Waals surface area contributed by atoms with Crippen molar-refractivity contribution in [2.45, 2.75) is 44.6 Å². The van der Waals surface area contributed by atoms with Crippen LogP contribution in [0.2, 0.25) is 0 Å². The highest BCUT2D eigenvalue weighted by Gasteiger charge is 2.32. The third-order valence-electron chi connectivity index (χ3n) is 5.22. The van der Waals surface area contributed by atoms with Crippen molar-refractivity contribution in [3.05, 3.63) is 53.6 Å². The molecular formula is C20H23N3O2. The summed E-state index contributed by atoms with van der Waals surface area (Å²) in [5.41, 5.74) is 2.30. The Bertz CT molecular complexity index is 769. The van der Waals surface area contributed by atoms with Gasteiger partial charge in [0.2, 0.25) is 0 Å². The van der Waals surface area contributed by atoms with Gasteiger partial charge in [0.05, 0.1) is 0 Å². The summed E-state index contributed by atoms with van der Waals surface area (Å²) in [6.07, 6.45) is 5.05. The van der Waals surface area contributed by atoms with Gasteiger partial charge >= 0.3 is 0 Å². The van der Waals surface area contributed by atoms with Crippen molar-refractivity contribution in [3.63, 3.8) is 0 Å². The lowest BCUT2D eigenvalue weighted by molar-refractivity contribution is -0.140. The molecule has 1 saturated heterocycles. The van der Waals surface area contributed by atoms with Crippen molar-refractivity contribution in [2.75, 3.05) is 13.1 Å². The number of carbonyl (C=O) groups excluding carboxylic acids is 1. The first-order valence-corrected chi connectivity index (χ1v) is 9.03. The molecule has 25 heavy (non-hydrogen) atoms. The number of ether oxygens (including phenoxy) is 1. The highest BCUT2D eigenvalue weighted by atomic mass is 16.5. The maximum absolute atomic E-state index is 12.8. The molecule has 1 amide bonds. The van der Waals surface area contributed by atoms with Crippen LogP contribution in [0.5, 0.6) is 5.75 Å². The lowest BCUT2D eigenvalue weighted by atomic mass is 9.92. The van der Waals surface area contributed by atoms with Gasteiger partial charge in [-0.2, -0.15) is 0 Å².